The van der Waals surface area contributed by atoms with Crippen molar-refractivity contribution < 1.29 is 14.6 Å². The average molecular weight is 405 g/mol. The van der Waals surface area contributed by atoms with Gasteiger partial charge in [-0.3, -0.25) is 0 Å². The molecule has 0 saturated heterocycles. The first-order chi connectivity index (χ1) is 11.8. The number of phenols is 1. The molecule has 0 aromatic heterocycles. The third-order valence-corrected chi connectivity index (χ3v) is 4.20. The average Bonchev–Trinajstić information content (AvgIpc) is 2.53. The smallest absolute Gasteiger partial charge is 0.163 e. The van der Waals surface area contributed by atoms with Gasteiger partial charge in [-0.15, -0.1) is 0 Å². The van der Waals surface area contributed by atoms with Gasteiger partial charge in [0.15, 0.2) is 17.2 Å². The van der Waals surface area contributed by atoms with Crippen LogP contribution in [0.15, 0.2) is 24.3 Å². The Morgan fingerprint density at radius 1 is 1.00 bits per heavy atom. The quantitative estimate of drug-likeness (QED) is 0.543. The zero-order valence-corrected chi connectivity index (χ0v) is 16.5. The summed E-state index contributed by atoms with van der Waals surface area (Å²) in [4.78, 5) is 0. The number of rotatable bonds is 7. The molecule has 2 aromatic carbocycles. The fourth-order valence-corrected chi connectivity index (χ4v) is 2.90. The second-order valence-electron chi connectivity index (χ2n) is 5.63. The van der Waals surface area contributed by atoms with Crippen LogP contribution in [-0.4, -0.2) is 17.8 Å². The molecule has 0 radical (unpaired) electrons. The lowest BCUT2D eigenvalue weighted by Crippen LogP contribution is -2.08. The van der Waals surface area contributed by atoms with Gasteiger partial charge in [0, 0.05) is 23.3 Å². The van der Waals surface area contributed by atoms with Crippen molar-refractivity contribution >= 4 is 40.5 Å². The van der Waals surface area contributed by atoms with E-state index in [0.717, 1.165) is 5.56 Å². The molecule has 0 bridgehead atoms. The van der Waals surface area contributed by atoms with Gasteiger partial charge in [0.2, 0.25) is 0 Å². The maximum Gasteiger partial charge on any atom is 0.163 e. The molecule has 0 atom stereocenters. The second-order valence-corrected chi connectivity index (χ2v) is 6.85. The standard InChI is InChI=1S/C18H20Cl3NO3/c1-4-24-16-5-11(13(19)8-17(16)25-10(2)3)9-22-12-6-14(20)18(23)15(21)7-12/h5-8,10,22-23H,4,9H2,1-3H3. The number of benzene rings is 2. The summed E-state index contributed by atoms with van der Waals surface area (Å²) in [6.07, 6.45) is 0.0144. The molecule has 0 aliphatic heterocycles. The Hall–Kier alpha value is -1.49. The van der Waals surface area contributed by atoms with Gasteiger partial charge in [0.05, 0.1) is 22.8 Å². The summed E-state index contributed by atoms with van der Waals surface area (Å²) in [7, 11) is 0. The third-order valence-electron chi connectivity index (χ3n) is 3.28. The summed E-state index contributed by atoms with van der Waals surface area (Å²) in [6, 6.07) is 6.78. The number of hydrogen-bond acceptors (Lipinski definition) is 4. The van der Waals surface area contributed by atoms with E-state index in [1.165, 1.54) is 0 Å². The van der Waals surface area contributed by atoms with Crippen molar-refractivity contribution in [3.8, 4) is 17.2 Å². The summed E-state index contributed by atoms with van der Waals surface area (Å²) in [5, 5.41) is 13.7. The minimum absolute atomic E-state index is 0.0144. The minimum Gasteiger partial charge on any atom is -0.505 e. The van der Waals surface area contributed by atoms with E-state index >= 15 is 0 Å². The molecule has 0 aliphatic rings. The van der Waals surface area contributed by atoms with Crippen LogP contribution in [0.5, 0.6) is 17.2 Å². The van der Waals surface area contributed by atoms with Crippen LogP contribution in [-0.2, 0) is 6.54 Å². The Morgan fingerprint density at radius 3 is 2.20 bits per heavy atom. The van der Waals surface area contributed by atoms with E-state index in [2.05, 4.69) is 5.32 Å². The van der Waals surface area contributed by atoms with Crippen LogP contribution in [0.25, 0.3) is 0 Å². The third kappa shape index (κ3) is 5.24. The molecule has 0 fully saturated rings. The molecule has 7 heteroatoms. The monoisotopic (exact) mass is 403 g/mol. The lowest BCUT2D eigenvalue weighted by atomic mass is 10.2. The predicted molar refractivity (Wildman–Crippen MR) is 104 cm³/mol. The van der Waals surface area contributed by atoms with E-state index in [-0.39, 0.29) is 21.9 Å². The van der Waals surface area contributed by atoms with Crippen molar-refractivity contribution in [2.75, 3.05) is 11.9 Å². The van der Waals surface area contributed by atoms with Crippen LogP contribution >= 0.6 is 34.8 Å². The van der Waals surface area contributed by atoms with Crippen LogP contribution in [0.4, 0.5) is 5.69 Å². The predicted octanol–water partition coefficient (Wildman–Crippen LogP) is 6.15. The van der Waals surface area contributed by atoms with Crippen LogP contribution in [0.2, 0.25) is 15.1 Å². The Morgan fingerprint density at radius 2 is 1.64 bits per heavy atom. The van der Waals surface area contributed by atoms with Crippen molar-refractivity contribution in [1.82, 2.24) is 0 Å². The van der Waals surface area contributed by atoms with Crippen LogP contribution in [0.1, 0.15) is 26.3 Å². The molecule has 0 heterocycles. The van der Waals surface area contributed by atoms with Gasteiger partial charge in [-0.1, -0.05) is 34.8 Å². The van der Waals surface area contributed by atoms with Gasteiger partial charge in [-0.05, 0) is 44.5 Å². The van der Waals surface area contributed by atoms with Crippen LogP contribution in [0, 0.1) is 0 Å². The van der Waals surface area contributed by atoms with E-state index < -0.39 is 0 Å². The summed E-state index contributed by atoms with van der Waals surface area (Å²) in [5.74, 6) is 1.11. The van der Waals surface area contributed by atoms with Gasteiger partial charge in [-0.25, -0.2) is 0 Å². The highest BCUT2D eigenvalue weighted by Crippen LogP contribution is 2.36. The summed E-state index contributed by atoms with van der Waals surface area (Å²) in [5.41, 5.74) is 1.51. The number of ether oxygens (including phenoxy) is 2. The molecule has 136 valence electrons. The topological polar surface area (TPSA) is 50.7 Å². The van der Waals surface area contributed by atoms with Crippen LogP contribution < -0.4 is 14.8 Å². The van der Waals surface area contributed by atoms with Gasteiger partial charge >= 0.3 is 0 Å². The fraction of sp³-hybridized carbons (Fsp3) is 0.333. The molecule has 2 rings (SSSR count). The molecule has 2 N–H and O–H groups in total. The van der Waals surface area contributed by atoms with Gasteiger partial charge in [0.1, 0.15) is 0 Å². The normalized spacial score (nSPS) is 10.8. The summed E-state index contributed by atoms with van der Waals surface area (Å²) < 4.78 is 11.4. The highest BCUT2D eigenvalue weighted by Gasteiger charge is 2.13. The highest BCUT2D eigenvalue weighted by atomic mass is 35.5. The van der Waals surface area contributed by atoms with E-state index in [1.54, 1.807) is 18.2 Å². The van der Waals surface area contributed by atoms with Crippen molar-refractivity contribution in [2.45, 2.75) is 33.4 Å². The number of halogens is 3. The molecule has 0 amide bonds. The van der Waals surface area contributed by atoms with Crippen LogP contribution in [0.3, 0.4) is 0 Å². The first kappa shape index (κ1) is 19.8. The molecule has 0 spiro atoms. The lowest BCUT2D eigenvalue weighted by Gasteiger charge is -2.17. The largest absolute Gasteiger partial charge is 0.505 e. The zero-order chi connectivity index (χ0) is 18.6. The first-order valence-electron chi connectivity index (χ1n) is 7.85. The van der Waals surface area contributed by atoms with Crippen molar-refractivity contribution in [3.63, 3.8) is 0 Å². The summed E-state index contributed by atoms with van der Waals surface area (Å²) >= 11 is 18.2. The number of anilines is 1. The van der Waals surface area contributed by atoms with Crippen molar-refractivity contribution in [1.29, 1.82) is 0 Å². The molecule has 4 nitrogen and oxygen atoms in total. The van der Waals surface area contributed by atoms with E-state index in [9.17, 15) is 5.11 Å². The molecule has 25 heavy (non-hydrogen) atoms. The molecule has 2 aromatic rings. The van der Waals surface area contributed by atoms with Crippen molar-refractivity contribution in [3.05, 3.63) is 44.9 Å². The highest BCUT2D eigenvalue weighted by molar-refractivity contribution is 6.37. The SMILES string of the molecule is CCOc1cc(CNc2cc(Cl)c(O)c(Cl)c2)c(Cl)cc1OC(C)C. The van der Waals surface area contributed by atoms with E-state index in [0.29, 0.717) is 35.4 Å². The fourth-order valence-electron chi connectivity index (χ4n) is 2.19. The maximum atomic E-state index is 9.61. The van der Waals surface area contributed by atoms with Gasteiger partial charge in [0.25, 0.3) is 0 Å². The number of phenolic OH excluding ortho intramolecular Hbond substituents is 1. The van der Waals surface area contributed by atoms with E-state index in [1.807, 2.05) is 26.8 Å². The molecular weight excluding hydrogens is 385 g/mol. The molecule has 0 unspecified atom stereocenters. The minimum atomic E-state index is -0.138. The summed E-state index contributed by atoms with van der Waals surface area (Å²) in [6.45, 7) is 6.74. The Balaban J connectivity index is 2.23. The van der Waals surface area contributed by atoms with Crippen molar-refractivity contribution in [2.24, 2.45) is 0 Å². The zero-order valence-electron chi connectivity index (χ0n) is 14.2. The Bertz CT molecular complexity index is 728. The number of nitrogens with one attached hydrogen (secondary N) is 1. The van der Waals surface area contributed by atoms with E-state index in [4.69, 9.17) is 44.3 Å². The Kier molecular flexibility index (Phi) is 6.94. The molecule has 0 aliphatic carbocycles. The Labute approximate surface area is 162 Å². The number of aromatic hydroxyl groups is 1. The van der Waals surface area contributed by atoms with Gasteiger partial charge < -0.3 is 19.9 Å². The first-order valence-corrected chi connectivity index (χ1v) is 8.99. The second kappa shape index (κ2) is 8.75. The molecule has 0 saturated carbocycles. The van der Waals surface area contributed by atoms with Gasteiger partial charge in [-0.2, -0.15) is 0 Å². The molecular formula is C18H20Cl3NO3. The number of hydrogen-bond donors (Lipinski definition) is 2. The maximum absolute atomic E-state index is 9.61. The lowest BCUT2D eigenvalue weighted by molar-refractivity contribution is 0.224.